The van der Waals surface area contributed by atoms with E-state index in [1.165, 1.54) is 17.2 Å². The molecule has 0 aliphatic carbocycles. The van der Waals surface area contributed by atoms with Crippen LogP contribution in [0.25, 0.3) is 0 Å². The standard InChI is InChI=1S/2C10H16O2.C5H14NO.CH3/c2*1-8(2)5-4-6-9(3)7-10(11)12;1-6(2,3)4-5-7;/h2*5,7H,4,6H2,1-3H3,(H,11,12);7H,4-5H2,1-3H3;1H3/q;;+1;-1/p-1/b2*9-7+;;. The Labute approximate surface area is 197 Å². The molecule has 0 heterocycles. The molecule has 0 atom stereocenters. The highest BCUT2D eigenvalue weighted by atomic mass is 16.4. The average molecular weight is 455 g/mol. The summed E-state index contributed by atoms with van der Waals surface area (Å²) in [6.45, 7) is 12.9. The molecule has 0 unspecified atom stereocenters. The van der Waals surface area contributed by atoms with E-state index in [0.717, 1.165) is 53.9 Å². The fourth-order valence-corrected chi connectivity index (χ4v) is 2.03. The lowest BCUT2D eigenvalue weighted by Crippen LogP contribution is -2.36. The van der Waals surface area contributed by atoms with Crippen LogP contribution in [0.5, 0.6) is 0 Å². The summed E-state index contributed by atoms with van der Waals surface area (Å²) in [5, 5.41) is 26.9. The van der Waals surface area contributed by atoms with E-state index >= 15 is 0 Å². The molecule has 0 spiro atoms. The van der Waals surface area contributed by atoms with Crippen molar-refractivity contribution in [1.29, 1.82) is 0 Å². The summed E-state index contributed by atoms with van der Waals surface area (Å²) < 4.78 is 0.844. The van der Waals surface area contributed by atoms with Crippen molar-refractivity contribution in [2.75, 3.05) is 34.3 Å². The number of carbonyl (C=O) groups excluding carboxylic acids is 1. The first-order valence-electron chi connectivity index (χ1n) is 10.6. The van der Waals surface area contributed by atoms with Gasteiger partial charge in [-0.25, -0.2) is 4.79 Å². The fraction of sp³-hybridized carbons (Fsp3) is 0.577. The molecule has 0 saturated carbocycles. The molecule has 0 fully saturated rings. The second-order valence-electron chi connectivity index (χ2n) is 9.02. The van der Waals surface area contributed by atoms with Gasteiger partial charge >= 0.3 is 5.97 Å². The number of aliphatic carboxylic acids is 2. The number of carbonyl (C=O) groups is 2. The summed E-state index contributed by atoms with van der Waals surface area (Å²) >= 11 is 0. The van der Waals surface area contributed by atoms with Crippen molar-refractivity contribution in [1.82, 2.24) is 0 Å². The lowest BCUT2D eigenvalue weighted by molar-refractivity contribution is -0.870. The molecule has 6 heteroatoms. The van der Waals surface area contributed by atoms with Gasteiger partial charge in [0.1, 0.15) is 6.54 Å². The smallest absolute Gasteiger partial charge is 0.328 e. The van der Waals surface area contributed by atoms with Crippen LogP contribution >= 0.6 is 0 Å². The third-order valence-electron chi connectivity index (χ3n) is 3.69. The number of carboxylic acid groups (broad SMARTS) is 2. The first-order chi connectivity index (χ1) is 14.1. The summed E-state index contributed by atoms with van der Waals surface area (Å²) in [4.78, 5) is 20.3. The van der Waals surface area contributed by atoms with Crippen molar-refractivity contribution in [2.45, 2.75) is 67.2 Å². The first-order valence-corrected chi connectivity index (χ1v) is 10.6. The third kappa shape index (κ3) is 42.0. The maximum atomic E-state index is 10.2. The Morgan fingerprint density at radius 1 is 0.812 bits per heavy atom. The normalized spacial score (nSPS) is 10.9. The molecule has 0 saturated heterocycles. The lowest BCUT2D eigenvalue weighted by Gasteiger charge is -2.21. The van der Waals surface area contributed by atoms with Gasteiger partial charge in [0, 0.05) is 6.08 Å². The van der Waals surface area contributed by atoms with Crippen molar-refractivity contribution in [3.05, 3.63) is 54.0 Å². The monoisotopic (exact) mass is 454 g/mol. The van der Waals surface area contributed by atoms with Crippen LogP contribution in [-0.2, 0) is 9.59 Å². The molecule has 188 valence electrons. The van der Waals surface area contributed by atoms with Gasteiger partial charge in [-0.1, -0.05) is 34.4 Å². The molecule has 6 nitrogen and oxygen atoms in total. The number of allylic oxidation sites excluding steroid dienone is 6. The third-order valence-corrected chi connectivity index (χ3v) is 3.69. The van der Waals surface area contributed by atoms with Crippen LogP contribution < -0.4 is 5.11 Å². The minimum Gasteiger partial charge on any atom is -0.545 e. The number of likely N-dealkylation sites (N-methyl/N-ethyl adjacent to an activating group) is 1. The predicted molar refractivity (Wildman–Crippen MR) is 134 cm³/mol. The number of aliphatic hydroxyl groups excluding tert-OH is 1. The van der Waals surface area contributed by atoms with E-state index in [-0.39, 0.29) is 14.0 Å². The number of rotatable bonds is 10. The summed E-state index contributed by atoms with van der Waals surface area (Å²) in [5.41, 5.74) is 4.31. The van der Waals surface area contributed by atoms with Gasteiger partial charge in [-0.3, -0.25) is 0 Å². The van der Waals surface area contributed by atoms with Crippen LogP contribution in [-0.4, -0.2) is 60.9 Å². The largest absolute Gasteiger partial charge is 0.545 e. The van der Waals surface area contributed by atoms with E-state index in [2.05, 4.69) is 33.3 Å². The van der Waals surface area contributed by atoms with Gasteiger partial charge < -0.3 is 32.0 Å². The van der Waals surface area contributed by atoms with Crippen molar-refractivity contribution >= 4 is 11.9 Å². The molecule has 0 radical (unpaired) electrons. The van der Waals surface area contributed by atoms with Crippen molar-refractivity contribution in [2.24, 2.45) is 0 Å². The van der Waals surface area contributed by atoms with Crippen molar-refractivity contribution < 1.29 is 29.4 Å². The van der Waals surface area contributed by atoms with Gasteiger partial charge in [-0.2, -0.15) is 0 Å². The highest BCUT2D eigenvalue weighted by molar-refractivity contribution is 5.80. The summed E-state index contributed by atoms with van der Waals surface area (Å²) in [6.07, 6.45) is 10.1. The Kier molecular flexibility index (Phi) is 25.6. The van der Waals surface area contributed by atoms with Crippen LogP contribution in [0.3, 0.4) is 0 Å². The quantitative estimate of drug-likeness (QED) is 0.222. The van der Waals surface area contributed by atoms with E-state index < -0.39 is 11.9 Å². The number of quaternary nitrogens is 1. The van der Waals surface area contributed by atoms with Gasteiger partial charge in [0.15, 0.2) is 0 Å². The first kappa shape index (κ1) is 37.2. The van der Waals surface area contributed by atoms with E-state index in [1.807, 2.05) is 34.6 Å². The fourth-order valence-electron chi connectivity index (χ4n) is 2.03. The Balaban J connectivity index is -0.000000188. The maximum absolute atomic E-state index is 10.2. The summed E-state index contributed by atoms with van der Waals surface area (Å²) in [7, 11) is 6.16. The van der Waals surface area contributed by atoms with Gasteiger partial charge in [0.2, 0.25) is 0 Å². The predicted octanol–water partition coefficient (Wildman–Crippen LogP) is 4.33. The zero-order chi connectivity index (χ0) is 25.0. The molecule has 0 aliphatic heterocycles. The van der Waals surface area contributed by atoms with Gasteiger partial charge in [0.05, 0.1) is 33.7 Å². The number of hydrogen-bond donors (Lipinski definition) is 2. The number of nitrogens with zero attached hydrogens (tertiary/aromatic N) is 1. The van der Waals surface area contributed by atoms with Gasteiger partial charge in [0.25, 0.3) is 0 Å². The lowest BCUT2D eigenvalue weighted by atomic mass is 10.1. The second-order valence-corrected chi connectivity index (χ2v) is 9.02. The summed E-state index contributed by atoms with van der Waals surface area (Å²) in [6, 6.07) is 0. The molecular weight excluding hydrogens is 406 g/mol. The Hall–Kier alpha value is -2.18. The Bertz CT molecular complexity index is 579. The average Bonchev–Trinajstić information content (AvgIpc) is 2.52. The van der Waals surface area contributed by atoms with Crippen LogP contribution in [0.2, 0.25) is 0 Å². The molecule has 0 aromatic rings. The van der Waals surface area contributed by atoms with Crippen molar-refractivity contribution in [3.8, 4) is 0 Å². The van der Waals surface area contributed by atoms with Crippen LogP contribution in [0.15, 0.2) is 46.6 Å². The van der Waals surface area contributed by atoms with Crippen LogP contribution in [0.1, 0.15) is 67.2 Å². The van der Waals surface area contributed by atoms with Gasteiger partial charge in [-0.05, 0) is 73.3 Å². The number of carboxylic acids is 2. The molecule has 32 heavy (non-hydrogen) atoms. The zero-order valence-electron chi connectivity index (χ0n) is 22.1. The van der Waals surface area contributed by atoms with E-state index in [9.17, 15) is 14.7 Å². The number of hydrogen-bond acceptors (Lipinski definition) is 4. The van der Waals surface area contributed by atoms with E-state index in [1.54, 1.807) is 6.92 Å². The van der Waals surface area contributed by atoms with E-state index in [4.69, 9.17) is 10.2 Å². The minimum atomic E-state index is -1.11. The maximum Gasteiger partial charge on any atom is 0.328 e. The second kappa shape index (κ2) is 22.0. The molecule has 0 aliphatic rings. The topological polar surface area (TPSA) is 97.7 Å². The van der Waals surface area contributed by atoms with Crippen LogP contribution in [0, 0.1) is 7.43 Å². The SMILES string of the molecule is CC(C)=CCC/C(C)=C/C(=O)O.CC(C)=CCC/C(C)=C/C(=O)[O-].C[N+](C)(C)CCO.[CH3-]. The van der Waals surface area contributed by atoms with Gasteiger partial charge in [-0.15, -0.1) is 0 Å². The highest BCUT2D eigenvalue weighted by Gasteiger charge is 2.02. The zero-order valence-corrected chi connectivity index (χ0v) is 22.1. The molecule has 0 aromatic heterocycles. The van der Waals surface area contributed by atoms with Crippen molar-refractivity contribution in [3.63, 3.8) is 0 Å². The summed E-state index contributed by atoms with van der Waals surface area (Å²) in [5.74, 6) is -1.96. The molecule has 0 amide bonds. The van der Waals surface area contributed by atoms with E-state index in [0.29, 0.717) is 0 Å². The number of aliphatic hydroxyl groups is 1. The molecule has 0 bridgehead atoms. The molecule has 0 aromatic carbocycles. The highest BCUT2D eigenvalue weighted by Crippen LogP contribution is 2.06. The molecule has 0 rings (SSSR count). The minimum absolute atomic E-state index is 0. The Morgan fingerprint density at radius 2 is 1.19 bits per heavy atom. The molecular formula is C26H48NO5-. The Morgan fingerprint density at radius 3 is 1.41 bits per heavy atom. The van der Waals surface area contributed by atoms with Crippen LogP contribution in [0.4, 0.5) is 0 Å². The molecule has 2 N–H and O–H groups in total.